The molecule has 1 rings (SSSR count). The molecule has 0 atom stereocenters. The number of rotatable bonds is 9. The Morgan fingerprint density at radius 3 is 2.58 bits per heavy atom. The molecule has 1 aromatic carbocycles. The van der Waals surface area contributed by atoms with Gasteiger partial charge in [-0.15, -0.1) is 0 Å². The summed E-state index contributed by atoms with van der Waals surface area (Å²) >= 11 is 0. The molecule has 1 aromatic rings. The van der Waals surface area contributed by atoms with Crippen LogP contribution in [0.4, 0.5) is 0 Å². The molecule has 1 amide bonds. The molecular weight excluding hydrogens is 336 g/mol. The highest BCUT2D eigenvalue weighted by Gasteiger charge is 2.18. The second-order valence-electron chi connectivity index (χ2n) is 5.10. The maximum Gasteiger partial charge on any atom is 0.321 e. The number of sulfonamides is 1. The van der Waals surface area contributed by atoms with E-state index >= 15 is 0 Å². The minimum atomic E-state index is -3.83. The Morgan fingerprint density at radius 2 is 1.92 bits per heavy atom. The molecule has 0 saturated heterocycles. The quantitative estimate of drug-likeness (QED) is 0.471. The van der Waals surface area contributed by atoms with Crippen molar-refractivity contribution >= 4 is 21.9 Å². The minimum Gasteiger partial charge on any atom is -0.455 e. The van der Waals surface area contributed by atoms with Crippen molar-refractivity contribution in [2.45, 2.75) is 18.7 Å². The molecular formula is C15H22N2O6S. The number of benzene rings is 1. The number of nitrogens with one attached hydrogen (secondary N) is 2. The summed E-state index contributed by atoms with van der Waals surface area (Å²) in [6.07, 6.45) is 0. The first-order valence-electron chi connectivity index (χ1n) is 7.24. The SMILES string of the molecule is COCCNC(=O)COC(=O)CNS(=O)(=O)c1cc(C)ccc1C. The van der Waals surface area contributed by atoms with Crippen LogP contribution in [-0.4, -0.2) is 53.7 Å². The van der Waals surface area contributed by atoms with Gasteiger partial charge in [0, 0.05) is 13.7 Å². The van der Waals surface area contributed by atoms with Crippen LogP contribution in [0.2, 0.25) is 0 Å². The average Bonchev–Trinajstić information content (AvgIpc) is 2.53. The number of carbonyl (C=O) groups excluding carboxylic acids is 2. The van der Waals surface area contributed by atoms with E-state index < -0.39 is 35.1 Å². The van der Waals surface area contributed by atoms with Crippen molar-refractivity contribution in [3.63, 3.8) is 0 Å². The molecule has 0 aromatic heterocycles. The lowest BCUT2D eigenvalue weighted by Gasteiger charge is -2.10. The summed E-state index contributed by atoms with van der Waals surface area (Å²) in [6.45, 7) is 3.04. The summed E-state index contributed by atoms with van der Waals surface area (Å²) in [4.78, 5) is 23.0. The van der Waals surface area contributed by atoms with Crippen LogP contribution in [0.1, 0.15) is 11.1 Å². The second kappa shape index (κ2) is 9.36. The van der Waals surface area contributed by atoms with Gasteiger partial charge in [-0.3, -0.25) is 9.59 Å². The van der Waals surface area contributed by atoms with E-state index in [0.29, 0.717) is 18.7 Å². The van der Waals surface area contributed by atoms with Gasteiger partial charge in [0.2, 0.25) is 10.0 Å². The molecule has 24 heavy (non-hydrogen) atoms. The zero-order valence-electron chi connectivity index (χ0n) is 13.9. The molecule has 0 saturated carbocycles. The van der Waals surface area contributed by atoms with Gasteiger partial charge in [-0.25, -0.2) is 8.42 Å². The summed E-state index contributed by atoms with van der Waals surface area (Å²) in [6, 6.07) is 5.00. The lowest BCUT2D eigenvalue weighted by molar-refractivity contribution is -0.147. The number of ether oxygens (including phenoxy) is 2. The lowest BCUT2D eigenvalue weighted by atomic mass is 10.2. The highest BCUT2D eigenvalue weighted by molar-refractivity contribution is 7.89. The molecule has 0 aliphatic carbocycles. The first-order valence-corrected chi connectivity index (χ1v) is 8.72. The van der Waals surface area contributed by atoms with Gasteiger partial charge in [0.15, 0.2) is 6.61 Å². The molecule has 0 unspecified atom stereocenters. The largest absolute Gasteiger partial charge is 0.455 e. The van der Waals surface area contributed by atoms with Crippen molar-refractivity contribution in [1.82, 2.24) is 10.0 Å². The van der Waals surface area contributed by atoms with Gasteiger partial charge < -0.3 is 14.8 Å². The number of esters is 1. The molecule has 0 fully saturated rings. The van der Waals surface area contributed by atoms with E-state index in [0.717, 1.165) is 5.56 Å². The second-order valence-corrected chi connectivity index (χ2v) is 6.83. The fourth-order valence-corrected chi connectivity index (χ4v) is 3.07. The minimum absolute atomic E-state index is 0.104. The van der Waals surface area contributed by atoms with Gasteiger partial charge in [-0.2, -0.15) is 4.72 Å². The number of aryl methyl sites for hydroxylation is 2. The van der Waals surface area contributed by atoms with E-state index in [2.05, 4.69) is 10.0 Å². The van der Waals surface area contributed by atoms with Crippen LogP contribution in [-0.2, 0) is 29.1 Å². The predicted octanol–water partition coefficient (Wildman–Crippen LogP) is -0.112. The van der Waals surface area contributed by atoms with Gasteiger partial charge in [-0.05, 0) is 31.0 Å². The van der Waals surface area contributed by atoms with Crippen molar-refractivity contribution in [3.05, 3.63) is 29.3 Å². The van der Waals surface area contributed by atoms with Gasteiger partial charge in [0.25, 0.3) is 5.91 Å². The fourth-order valence-electron chi connectivity index (χ4n) is 1.77. The average molecular weight is 358 g/mol. The Hall–Kier alpha value is -1.97. The molecule has 0 radical (unpaired) electrons. The van der Waals surface area contributed by atoms with Gasteiger partial charge in [0.05, 0.1) is 11.5 Å². The van der Waals surface area contributed by atoms with E-state index in [1.165, 1.54) is 13.2 Å². The third-order valence-corrected chi connectivity index (χ3v) is 4.58. The normalized spacial score (nSPS) is 11.1. The Morgan fingerprint density at radius 1 is 1.21 bits per heavy atom. The van der Waals surface area contributed by atoms with Gasteiger partial charge >= 0.3 is 5.97 Å². The van der Waals surface area contributed by atoms with Crippen LogP contribution < -0.4 is 10.0 Å². The van der Waals surface area contributed by atoms with E-state index in [4.69, 9.17) is 9.47 Å². The smallest absolute Gasteiger partial charge is 0.321 e. The van der Waals surface area contributed by atoms with Crippen molar-refractivity contribution in [3.8, 4) is 0 Å². The van der Waals surface area contributed by atoms with E-state index in [1.807, 2.05) is 0 Å². The number of amides is 1. The van der Waals surface area contributed by atoms with Crippen LogP contribution in [0.15, 0.2) is 23.1 Å². The third kappa shape index (κ3) is 6.65. The van der Waals surface area contributed by atoms with E-state index in [-0.39, 0.29) is 4.90 Å². The van der Waals surface area contributed by atoms with Crippen molar-refractivity contribution in [2.24, 2.45) is 0 Å². The standard InChI is InChI=1S/C15H22N2O6S/c1-11-4-5-12(2)13(8-11)24(20,21)17-9-15(19)23-10-14(18)16-6-7-22-3/h4-5,8,17H,6-7,9-10H2,1-3H3,(H,16,18). The Bertz CT molecular complexity index is 687. The van der Waals surface area contributed by atoms with Gasteiger partial charge in [-0.1, -0.05) is 12.1 Å². The molecule has 0 aliphatic rings. The summed E-state index contributed by atoms with van der Waals surface area (Å²) in [5, 5.41) is 2.47. The molecule has 0 aliphatic heterocycles. The Balaban J connectivity index is 2.48. The highest BCUT2D eigenvalue weighted by atomic mass is 32.2. The van der Waals surface area contributed by atoms with Crippen LogP contribution in [0, 0.1) is 13.8 Å². The van der Waals surface area contributed by atoms with E-state index in [9.17, 15) is 18.0 Å². The summed E-state index contributed by atoms with van der Waals surface area (Å²) < 4.78 is 36.0. The third-order valence-electron chi connectivity index (χ3n) is 3.03. The molecule has 8 nitrogen and oxygen atoms in total. The Labute approximate surface area is 141 Å². The number of carbonyl (C=O) groups is 2. The van der Waals surface area contributed by atoms with Crippen LogP contribution in [0.3, 0.4) is 0 Å². The summed E-state index contributed by atoms with van der Waals surface area (Å²) in [7, 11) is -2.34. The molecule has 9 heteroatoms. The molecule has 0 spiro atoms. The first kappa shape index (κ1) is 20.1. The molecule has 0 heterocycles. The predicted molar refractivity (Wildman–Crippen MR) is 86.9 cm³/mol. The molecule has 0 bridgehead atoms. The fraction of sp³-hybridized carbons (Fsp3) is 0.467. The summed E-state index contributed by atoms with van der Waals surface area (Å²) in [5.41, 5.74) is 1.36. The zero-order valence-corrected chi connectivity index (χ0v) is 14.7. The maximum absolute atomic E-state index is 12.2. The molecule has 134 valence electrons. The zero-order chi connectivity index (χ0) is 18.2. The topological polar surface area (TPSA) is 111 Å². The van der Waals surface area contributed by atoms with Crippen molar-refractivity contribution in [2.75, 3.05) is 33.4 Å². The van der Waals surface area contributed by atoms with Crippen LogP contribution >= 0.6 is 0 Å². The number of hydrogen-bond acceptors (Lipinski definition) is 6. The first-order chi connectivity index (χ1) is 11.3. The molecule has 2 N–H and O–H groups in total. The Kier molecular flexibility index (Phi) is 7.83. The maximum atomic E-state index is 12.2. The summed E-state index contributed by atoms with van der Waals surface area (Å²) in [5.74, 6) is -1.33. The highest BCUT2D eigenvalue weighted by Crippen LogP contribution is 2.16. The van der Waals surface area contributed by atoms with Crippen LogP contribution in [0.25, 0.3) is 0 Å². The number of hydrogen-bond donors (Lipinski definition) is 2. The van der Waals surface area contributed by atoms with Gasteiger partial charge in [0.1, 0.15) is 6.54 Å². The van der Waals surface area contributed by atoms with Crippen molar-refractivity contribution < 1.29 is 27.5 Å². The monoisotopic (exact) mass is 358 g/mol. The number of methoxy groups -OCH3 is 1. The lowest BCUT2D eigenvalue weighted by Crippen LogP contribution is -2.35. The van der Waals surface area contributed by atoms with Crippen molar-refractivity contribution in [1.29, 1.82) is 0 Å². The van der Waals surface area contributed by atoms with Crippen LogP contribution in [0.5, 0.6) is 0 Å². The van der Waals surface area contributed by atoms with E-state index in [1.54, 1.807) is 26.0 Å².